The normalized spacial score (nSPS) is 13.5. The molecule has 0 heterocycles. The van der Waals surface area contributed by atoms with Gasteiger partial charge in [-0.2, -0.15) is 0 Å². The summed E-state index contributed by atoms with van der Waals surface area (Å²) in [5.74, 6) is 1.28. The Balaban J connectivity index is 0.00000529. The fourth-order valence-electron chi connectivity index (χ4n) is 3.12. The van der Waals surface area contributed by atoms with Crippen molar-refractivity contribution in [2.45, 2.75) is 72.4 Å². The van der Waals surface area contributed by atoms with Crippen LogP contribution in [0.3, 0.4) is 0 Å². The number of rotatable bonds is 8. The predicted molar refractivity (Wildman–Crippen MR) is 105 cm³/mol. The average Bonchev–Trinajstić information content (AvgIpc) is 2.40. The average molecular weight is 358 g/mol. The summed E-state index contributed by atoms with van der Waals surface area (Å²) >= 11 is 0. The molecule has 0 aromatic heterocycles. The van der Waals surface area contributed by atoms with Gasteiger partial charge in [0.05, 0.1) is 0 Å². The molecule has 0 radical (unpaired) electrons. The Labute approximate surface area is 154 Å². The van der Waals surface area contributed by atoms with Gasteiger partial charge in [0.2, 0.25) is 0 Å². The molecule has 0 saturated carbocycles. The van der Waals surface area contributed by atoms with E-state index in [-0.39, 0.29) is 23.4 Å². The first kappa shape index (κ1) is 23.2. The summed E-state index contributed by atoms with van der Waals surface area (Å²) in [5, 5.41) is 13.7. The van der Waals surface area contributed by atoms with Gasteiger partial charge in [0.25, 0.3) is 0 Å². The first-order valence-corrected chi connectivity index (χ1v) is 8.65. The van der Waals surface area contributed by atoms with E-state index in [9.17, 15) is 5.11 Å². The van der Waals surface area contributed by atoms with Gasteiger partial charge in [-0.1, -0.05) is 52.8 Å². The van der Waals surface area contributed by atoms with Crippen LogP contribution in [0.5, 0.6) is 5.75 Å². The minimum atomic E-state index is -0.519. The van der Waals surface area contributed by atoms with Crippen molar-refractivity contribution in [1.29, 1.82) is 0 Å². The maximum Gasteiger partial charge on any atom is 0.122 e. The Hall–Kier alpha value is -0.770. The molecule has 24 heavy (non-hydrogen) atoms. The summed E-state index contributed by atoms with van der Waals surface area (Å²) < 4.78 is 5.84. The summed E-state index contributed by atoms with van der Waals surface area (Å²) in [6, 6.07) is 8.05. The molecule has 0 fully saturated rings. The molecule has 1 aromatic rings. The predicted octanol–water partition coefficient (Wildman–Crippen LogP) is 4.78. The molecule has 0 bridgehead atoms. The van der Waals surface area contributed by atoms with Gasteiger partial charge < -0.3 is 15.2 Å². The van der Waals surface area contributed by atoms with E-state index in [1.807, 2.05) is 18.2 Å². The number of aliphatic hydroxyl groups is 1. The highest BCUT2D eigenvalue weighted by Crippen LogP contribution is 2.27. The largest absolute Gasteiger partial charge is 0.491 e. The zero-order valence-electron chi connectivity index (χ0n) is 16.3. The van der Waals surface area contributed by atoms with Gasteiger partial charge >= 0.3 is 0 Å². The van der Waals surface area contributed by atoms with Gasteiger partial charge in [0, 0.05) is 12.1 Å². The number of benzene rings is 1. The van der Waals surface area contributed by atoms with E-state index in [1.54, 1.807) is 0 Å². The fraction of sp³-hybridized carbons (Fsp3) is 0.700. The van der Waals surface area contributed by atoms with E-state index >= 15 is 0 Å². The number of para-hydroxylation sites is 1. The molecule has 0 aliphatic heterocycles. The van der Waals surface area contributed by atoms with Crippen molar-refractivity contribution in [2.75, 3.05) is 13.2 Å². The van der Waals surface area contributed by atoms with Crippen LogP contribution >= 0.6 is 12.4 Å². The fourth-order valence-corrected chi connectivity index (χ4v) is 3.12. The number of nitrogens with one attached hydrogen (secondary N) is 1. The van der Waals surface area contributed by atoms with Crippen molar-refractivity contribution >= 4 is 12.4 Å². The smallest absolute Gasteiger partial charge is 0.122 e. The van der Waals surface area contributed by atoms with Crippen LogP contribution in [-0.4, -0.2) is 29.9 Å². The molecular formula is C20H36ClNO2. The second-order valence-corrected chi connectivity index (χ2v) is 8.66. The summed E-state index contributed by atoms with van der Waals surface area (Å²) in [6.07, 6.45) is 0.526. The standard InChI is InChI=1S/C20H35NO2.ClH/c1-15(2)17-10-8-9-11-18(17)23-13-16(22)12-21-20(6,7)14-19(3,4)5;/h8-11,15-16,21-22H,12-14H2,1-7H3;1H. The third kappa shape index (κ3) is 8.91. The summed E-state index contributed by atoms with van der Waals surface area (Å²) in [6.45, 7) is 16.2. The number of aliphatic hydroxyl groups excluding tert-OH is 1. The van der Waals surface area contributed by atoms with Gasteiger partial charge in [-0.15, -0.1) is 12.4 Å². The molecule has 140 valence electrons. The van der Waals surface area contributed by atoms with Crippen LogP contribution < -0.4 is 10.1 Å². The number of ether oxygens (including phenoxy) is 1. The van der Waals surface area contributed by atoms with Crippen molar-refractivity contribution in [2.24, 2.45) is 5.41 Å². The zero-order valence-corrected chi connectivity index (χ0v) is 17.2. The van der Waals surface area contributed by atoms with Crippen LogP contribution in [0.1, 0.15) is 66.4 Å². The molecule has 1 rings (SSSR count). The molecule has 0 spiro atoms. The lowest BCUT2D eigenvalue weighted by Gasteiger charge is -2.34. The lowest BCUT2D eigenvalue weighted by atomic mass is 9.82. The number of hydrogen-bond acceptors (Lipinski definition) is 3. The van der Waals surface area contributed by atoms with Crippen molar-refractivity contribution in [3.63, 3.8) is 0 Å². The van der Waals surface area contributed by atoms with E-state index in [0.29, 0.717) is 19.1 Å². The minimum Gasteiger partial charge on any atom is -0.491 e. The van der Waals surface area contributed by atoms with E-state index in [2.05, 4.69) is 59.8 Å². The van der Waals surface area contributed by atoms with Crippen LogP contribution in [0.2, 0.25) is 0 Å². The highest BCUT2D eigenvalue weighted by atomic mass is 35.5. The first-order valence-electron chi connectivity index (χ1n) is 8.65. The Kier molecular flexibility index (Phi) is 9.34. The van der Waals surface area contributed by atoms with E-state index in [0.717, 1.165) is 12.2 Å². The van der Waals surface area contributed by atoms with Gasteiger partial charge in [-0.3, -0.25) is 0 Å². The van der Waals surface area contributed by atoms with Crippen LogP contribution in [-0.2, 0) is 0 Å². The van der Waals surface area contributed by atoms with Gasteiger partial charge in [0.15, 0.2) is 0 Å². The maximum absolute atomic E-state index is 10.2. The Morgan fingerprint density at radius 2 is 1.67 bits per heavy atom. The van der Waals surface area contributed by atoms with Crippen LogP contribution in [0.25, 0.3) is 0 Å². The summed E-state index contributed by atoms with van der Waals surface area (Å²) in [4.78, 5) is 0. The van der Waals surface area contributed by atoms with E-state index in [1.165, 1.54) is 5.56 Å². The zero-order chi connectivity index (χ0) is 17.7. The molecular weight excluding hydrogens is 322 g/mol. The second-order valence-electron chi connectivity index (χ2n) is 8.66. The first-order chi connectivity index (χ1) is 10.5. The molecule has 1 aromatic carbocycles. The quantitative estimate of drug-likeness (QED) is 0.703. The monoisotopic (exact) mass is 357 g/mol. The molecule has 0 amide bonds. The van der Waals surface area contributed by atoms with Crippen molar-refractivity contribution in [3.8, 4) is 5.75 Å². The van der Waals surface area contributed by atoms with Crippen LogP contribution in [0.4, 0.5) is 0 Å². The highest BCUT2D eigenvalue weighted by molar-refractivity contribution is 5.85. The van der Waals surface area contributed by atoms with Gasteiger partial charge in [-0.25, -0.2) is 0 Å². The third-order valence-electron chi connectivity index (χ3n) is 3.76. The summed E-state index contributed by atoms with van der Waals surface area (Å²) in [7, 11) is 0. The molecule has 1 atom stereocenters. The second kappa shape index (κ2) is 9.65. The number of hydrogen-bond donors (Lipinski definition) is 2. The number of β-amino-alcohol motifs (C(OH)–C–C–N with tert-alkyl or cyclic N) is 1. The molecule has 0 aliphatic rings. The Morgan fingerprint density at radius 1 is 1.08 bits per heavy atom. The molecule has 1 unspecified atom stereocenters. The van der Waals surface area contributed by atoms with Gasteiger partial charge in [-0.05, 0) is 43.2 Å². The SMILES string of the molecule is CC(C)c1ccccc1OCC(O)CNC(C)(C)CC(C)(C)C.Cl. The maximum atomic E-state index is 10.2. The minimum absolute atomic E-state index is 0. The van der Waals surface area contributed by atoms with Crippen molar-refractivity contribution in [1.82, 2.24) is 5.32 Å². The molecule has 2 N–H and O–H groups in total. The Morgan fingerprint density at radius 3 is 2.21 bits per heavy atom. The number of halogens is 1. The van der Waals surface area contributed by atoms with Crippen LogP contribution in [0, 0.1) is 5.41 Å². The highest BCUT2D eigenvalue weighted by Gasteiger charge is 2.25. The lowest BCUT2D eigenvalue weighted by Crippen LogP contribution is -2.46. The lowest BCUT2D eigenvalue weighted by molar-refractivity contribution is 0.0938. The van der Waals surface area contributed by atoms with Crippen molar-refractivity contribution in [3.05, 3.63) is 29.8 Å². The van der Waals surface area contributed by atoms with E-state index < -0.39 is 6.10 Å². The molecule has 0 saturated heterocycles. The van der Waals surface area contributed by atoms with Gasteiger partial charge in [0.1, 0.15) is 18.5 Å². The Bertz CT molecular complexity index is 481. The molecule has 3 nitrogen and oxygen atoms in total. The van der Waals surface area contributed by atoms with Crippen molar-refractivity contribution < 1.29 is 9.84 Å². The summed E-state index contributed by atoms with van der Waals surface area (Å²) in [5.41, 5.74) is 1.43. The topological polar surface area (TPSA) is 41.5 Å². The van der Waals surface area contributed by atoms with E-state index in [4.69, 9.17) is 4.74 Å². The third-order valence-corrected chi connectivity index (χ3v) is 3.76. The molecule has 4 heteroatoms. The molecule has 0 aliphatic carbocycles. The van der Waals surface area contributed by atoms with Crippen LogP contribution in [0.15, 0.2) is 24.3 Å².